The lowest BCUT2D eigenvalue weighted by molar-refractivity contribution is -0.140. The number of aryl methyl sites for hydroxylation is 1. The van der Waals surface area contributed by atoms with Gasteiger partial charge in [-0.15, -0.1) is 11.3 Å². The van der Waals surface area contributed by atoms with Gasteiger partial charge >= 0.3 is 5.97 Å². The Hall–Kier alpha value is -0.870. The van der Waals surface area contributed by atoms with Gasteiger partial charge in [0.05, 0.1) is 0 Å². The molecule has 0 radical (unpaired) electrons. The molecule has 0 saturated heterocycles. The molecule has 0 saturated carbocycles. The summed E-state index contributed by atoms with van der Waals surface area (Å²) in [6.45, 7) is 1.45. The first-order valence-electron chi connectivity index (χ1n) is 4.55. The Morgan fingerprint density at radius 2 is 2.21 bits per heavy atom. The molecule has 1 rings (SSSR count). The molecule has 1 aromatic heterocycles. The molecule has 2 N–H and O–H groups in total. The van der Waals surface area contributed by atoms with Crippen LogP contribution < -0.4 is 0 Å². The van der Waals surface area contributed by atoms with Gasteiger partial charge in [0.15, 0.2) is 0 Å². The third-order valence-electron chi connectivity index (χ3n) is 1.49. The lowest BCUT2D eigenvalue weighted by Gasteiger charge is -1.90. The summed E-state index contributed by atoms with van der Waals surface area (Å²) in [5.41, 5.74) is 0. The summed E-state index contributed by atoms with van der Waals surface area (Å²) in [5.74, 6) is -1.19. The number of hydrogen-bond acceptors (Lipinski definition) is 3. The summed E-state index contributed by atoms with van der Waals surface area (Å²) >= 11 is 1.86. The number of carbonyl (C=O) groups is 1. The molecule has 0 spiro atoms. The van der Waals surface area contributed by atoms with E-state index in [-0.39, 0.29) is 0 Å². The zero-order valence-corrected chi connectivity index (χ0v) is 9.09. The predicted molar refractivity (Wildman–Crippen MR) is 57.7 cm³/mol. The van der Waals surface area contributed by atoms with E-state index >= 15 is 0 Å². The Morgan fingerprint density at radius 3 is 2.57 bits per heavy atom. The molecule has 4 heteroatoms. The second-order valence-corrected chi connectivity index (χ2v) is 3.77. The van der Waals surface area contributed by atoms with Crippen LogP contribution in [-0.4, -0.2) is 22.8 Å². The van der Waals surface area contributed by atoms with E-state index in [1.165, 1.54) is 24.1 Å². The molecular formula is C10H16O3S. The molecule has 0 amide bonds. The van der Waals surface area contributed by atoms with E-state index in [0.717, 1.165) is 0 Å². The number of aliphatic hydroxyl groups is 1. The van der Waals surface area contributed by atoms with Crippen LogP contribution in [0.25, 0.3) is 0 Å². The SMILES string of the molecule is CCCCc1cccs1.O=C(O)CO. The molecule has 1 heterocycles. The van der Waals surface area contributed by atoms with Crippen molar-refractivity contribution in [2.75, 3.05) is 6.61 Å². The summed E-state index contributed by atoms with van der Waals surface area (Å²) < 4.78 is 0. The highest BCUT2D eigenvalue weighted by Crippen LogP contribution is 2.11. The standard InChI is InChI=1S/C8H12S.C2H4O3/c1-2-3-5-8-6-4-7-9-8;3-1-2(4)5/h4,6-7H,2-3,5H2,1H3;3H,1H2,(H,4,5). The highest BCUT2D eigenvalue weighted by Gasteiger charge is 1.89. The van der Waals surface area contributed by atoms with Crippen molar-refractivity contribution in [2.45, 2.75) is 26.2 Å². The van der Waals surface area contributed by atoms with Gasteiger partial charge in [-0.25, -0.2) is 4.79 Å². The first kappa shape index (κ1) is 13.1. The van der Waals surface area contributed by atoms with Crippen LogP contribution in [0.3, 0.4) is 0 Å². The van der Waals surface area contributed by atoms with E-state index < -0.39 is 12.6 Å². The van der Waals surface area contributed by atoms with E-state index in [1.807, 2.05) is 11.3 Å². The number of rotatable bonds is 4. The van der Waals surface area contributed by atoms with Crippen LogP contribution in [0, 0.1) is 0 Å². The maximum absolute atomic E-state index is 9.12. The Kier molecular flexibility index (Phi) is 8.17. The van der Waals surface area contributed by atoms with E-state index in [1.54, 1.807) is 0 Å². The van der Waals surface area contributed by atoms with Gasteiger partial charge < -0.3 is 10.2 Å². The Bertz CT molecular complexity index is 232. The van der Waals surface area contributed by atoms with Crippen molar-refractivity contribution in [3.8, 4) is 0 Å². The normalized spacial score (nSPS) is 9.00. The minimum Gasteiger partial charge on any atom is -0.480 e. The first-order valence-corrected chi connectivity index (χ1v) is 5.43. The van der Waals surface area contributed by atoms with Gasteiger partial charge in [-0.05, 0) is 24.3 Å². The minimum atomic E-state index is -1.19. The van der Waals surface area contributed by atoms with Crippen LogP contribution in [0.2, 0.25) is 0 Å². The second-order valence-electron chi connectivity index (χ2n) is 2.73. The van der Waals surface area contributed by atoms with E-state index in [4.69, 9.17) is 15.0 Å². The summed E-state index contributed by atoms with van der Waals surface area (Å²) in [6, 6.07) is 4.33. The summed E-state index contributed by atoms with van der Waals surface area (Å²) in [6.07, 6.45) is 3.91. The van der Waals surface area contributed by atoms with Crippen LogP contribution in [0.4, 0.5) is 0 Å². The van der Waals surface area contributed by atoms with Crippen molar-refractivity contribution in [1.82, 2.24) is 0 Å². The minimum absolute atomic E-state index is 0.778. The fourth-order valence-electron chi connectivity index (χ4n) is 0.806. The molecule has 0 aromatic carbocycles. The lowest BCUT2D eigenvalue weighted by atomic mass is 10.2. The molecule has 0 aliphatic rings. The van der Waals surface area contributed by atoms with Crippen molar-refractivity contribution in [2.24, 2.45) is 0 Å². The Labute approximate surface area is 88.0 Å². The molecule has 0 bridgehead atoms. The molecular weight excluding hydrogens is 200 g/mol. The van der Waals surface area contributed by atoms with Gasteiger partial charge in [-0.3, -0.25) is 0 Å². The summed E-state index contributed by atoms with van der Waals surface area (Å²) in [4.78, 5) is 10.6. The van der Waals surface area contributed by atoms with Crippen molar-refractivity contribution >= 4 is 17.3 Å². The molecule has 3 nitrogen and oxygen atoms in total. The van der Waals surface area contributed by atoms with Crippen molar-refractivity contribution in [3.63, 3.8) is 0 Å². The topological polar surface area (TPSA) is 57.5 Å². The largest absolute Gasteiger partial charge is 0.480 e. The van der Waals surface area contributed by atoms with E-state index in [0.29, 0.717) is 0 Å². The third kappa shape index (κ3) is 7.76. The molecule has 0 unspecified atom stereocenters. The average molecular weight is 216 g/mol. The number of aliphatic hydroxyl groups excluding tert-OH is 1. The predicted octanol–water partition coefficient (Wildman–Crippen LogP) is 2.15. The number of hydrogen-bond donors (Lipinski definition) is 2. The maximum Gasteiger partial charge on any atom is 0.329 e. The van der Waals surface area contributed by atoms with Crippen LogP contribution in [-0.2, 0) is 11.2 Å². The summed E-state index contributed by atoms with van der Waals surface area (Å²) in [7, 11) is 0. The van der Waals surface area contributed by atoms with Crippen molar-refractivity contribution in [1.29, 1.82) is 0 Å². The molecule has 0 fully saturated rings. The van der Waals surface area contributed by atoms with Crippen molar-refractivity contribution in [3.05, 3.63) is 22.4 Å². The monoisotopic (exact) mass is 216 g/mol. The maximum atomic E-state index is 9.12. The van der Waals surface area contributed by atoms with Crippen LogP contribution in [0.1, 0.15) is 24.6 Å². The van der Waals surface area contributed by atoms with Crippen LogP contribution in [0.5, 0.6) is 0 Å². The average Bonchev–Trinajstić information content (AvgIpc) is 2.68. The van der Waals surface area contributed by atoms with Gasteiger partial charge in [-0.1, -0.05) is 19.4 Å². The fourth-order valence-corrected chi connectivity index (χ4v) is 1.56. The fraction of sp³-hybridized carbons (Fsp3) is 0.500. The highest BCUT2D eigenvalue weighted by molar-refractivity contribution is 7.09. The molecule has 1 aromatic rings. The van der Waals surface area contributed by atoms with Gasteiger partial charge in [0.2, 0.25) is 0 Å². The van der Waals surface area contributed by atoms with Gasteiger partial charge in [0.1, 0.15) is 6.61 Å². The number of unbranched alkanes of at least 4 members (excludes halogenated alkanes) is 1. The highest BCUT2D eigenvalue weighted by atomic mass is 32.1. The molecule has 14 heavy (non-hydrogen) atoms. The molecule has 0 aliphatic carbocycles. The Morgan fingerprint density at radius 1 is 1.57 bits per heavy atom. The molecule has 0 aliphatic heterocycles. The number of thiophene rings is 1. The first-order chi connectivity index (χ1) is 6.70. The second kappa shape index (κ2) is 8.72. The smallest absolute Gasteiger partial charge is 0.329 e. The molecule has 80 valence electrons. The zero-order valence-electron chi connectivity index (χ0n) is 8.27. The Balaban J connectivity index is 0.000000292. The van der Waals surface area contributed by atoms with Gasteiger partial charge in [-0.2, -0.15) is 0 Å². The van der Waals surface area contributed by atoms with E-state index in [9.17, 15) is 0 Å². The number of carboxylic acid groups (broad SMARTS) is 1. The van der Waals surface area contributed by atoms with Crippen LogP contribution >= 0.6 is 11.3 Å². The molecule has 0 atom stereocenters. The zero-order chi connectivity index (χ0) is 10.8. The summed E-state index contributed by atoms with van der Waals surface area (Å²) in [5, 5.41) is 17.2. The van der Waals surface area contributed by atoms with Crippen LogP contribution in [0.15, 0.2) is 17.5 Å². The van der Waals surface area contributed by atoms with Gasteiger partial charge in [0.25, 0.3) is 0 Å². The number of carboxylic acids is 1. The quantitative estimate of drug-likeness (QED) is 0.810. The van der Waals surface area contributed by atoms with E-state index in [2.05, 4.69) is 24.4 Å². The van der Waals surface area contributed by atoms with Crippen molar-refractivity contribution < 1.29 is 15.0 Å². The number of aliphatic carboxylic acids is 1. The van der Waals surface area contributed by atoms with Gasteiger partial charge in [0, 0.05) is 4.88 Å². The third-order valence-corrected chi connectivity index (χ3v) is 2.43. The lowest BCUT2D eigenvalue weighted by Crippen LogP contribution is -1.98.